The number of pyridine rings is 1. The lowest BCUT2D eigenvalue weighted by Crippen LogP contribution is -2.19. The fourth-order valence-electron chi connectivity index (χ4n) is 1.80. The molecule has 82 valence electrons. The van der Waals surface area contributed by atoms with Crippen molar-refractivity contribution in [1.82, 2.24) is 4.98 Å². The minimum atomic E-state index is 0.0613. The molecule has 0 N–H and O–H groups in total. The van der Waals surface area contributed by atoms with E-state index in [0.717, 1.165) is 18.1 Å². The topological polar surface area (TPSA) is 22.1 Å². The van der Waals surface area contributed by atoms with Gasteiger partial charge in [0.25, 0.3) is 0 Å². The van der Waals surface area contributed by atoms with E-state index in [0.29, 0.717) is 0 Å². The first kappa shape index (κ1) is 10.5. The average Bonchev–Trinajstić information content (AvgIpc) is 2.41. The molecule has 0 radical (unpaired) electrons. The van der Waals surface area contributed by atoms with Crippen molar-refractivity contribution >= 4 is 0 Å². The molecule has 2 nitrogen and oxygen atoms in total. The highest BCUT2D eigenvalue weighted by Crippen LogP contribution is 2.38. The summed E-state index contributed by atoms with van der Waals surface area (Å²) in [5, 5.41) is 0. The third kappa shape index (κ3) is 1.73. The smallest absolute Gasteiger partial charge is 0.141 e. The first-order valence-corrected chi connectivity index (χ1v) is 5.44. The maximum absolute atomic E-state index is 5.69. The molecule has 0 bridgehead atoms. The quantitative estimate of drug-likeness (QED) is 0.649. The van der Waals surface area contributed by atoms with Crippen LogP contribution in [-0.4, -0.2) is 11.6 Å². The first-order chi connectivity index (χ1) is 6.81. The summed E-state index contributed by atoms with van der Waals surface area (Å²) >= 11 is 0. The van der Waals surface area contributed by atoms with Gasteiger partial charge in [-0.05, 0) is 17.0 Å². The highest BCUT2D eigenvalue weighted by atomic mass is 16.5. The van der Waals surface area contributed by atoms with E-state index < -0.39 is 0 Å². The second-order valence-electron chi connectivity index (χ2n) is 5.99. The van der Waals surface area contributed by atoms with E-state index >= 15 is 0 Å². The summed E-state index contributed by atoms with van der Waals surface area (Å²) in [4.78, 5) is 4.55. The van der Waals surface area contributed by atoms with E-state index in [1.807, 2.05) is 6.20 Å². The molecule has 0 unspecified atom stereocenters. The van der Waals surface area contributed by atoms with Crippen LogP contribution in [0.4, 0.5) is 0 Å². The van der Waals surface area contributed by atoms with Gasteiger partial charge in [0, 0.05) is 11.6 Å². The van der Waals surface area contributed by atoms with E-state index in [2.05, 4.69) is 45.7 Å². The molecular formula is C13H19NO. The lowest BCUT2D eigenvalue weighted by molar-refractivity contribution is 0.290. The van der Waals surface area contributed by atoms with Crippen LogP contribution in [0.5, 0.6) is 5.75 Å². The van der Waals surface area contributed by atoms with Gasteiger partial charge in [-0.3, -0.25) is 4.98 Å². The SMILES string of the molecule is CC(C)(C)c1cnc2c(c1)OCC2(C)C. The van der Waals surface area contributed by atoms with Crippen LogP contribution in [0, 0.1) is 0 Å². The van der Waals surface area contributed by atoms with Gasteiger partial charge < -0.3 is 4.74 Å². The van der Waals surface area contributed by atoms with Crippen molar-refractivity contribution in [3.05, 3.63) is 23.5 Å². The van der Waals surface area contributed by atoms with Gasteiger partial charge in [-0.25, -0.2) is 0 Å². The number of hydrogen-bond acceptors (Lipinski definition) is 2. The maximum Gasteiger partial charge on any atom is 0.141 e. The number of rotatable bonds is 0. The second-order valence-corrected chi connectivity index (χ2v) is 5.99. The Kier molecular flexibility index (Phi) is 2.07. The Morgan fingerprint density at radius 3 is 2.60 bits per heavy atom. The molecule has 0 saturated carbocycles. The van der Waals surface area contributed by atoms with Crippen molar-refractivity contribution in [3.63, 3.8) is 0 Å². The van der Waals surface area contributed by atoms with E-state index in [4.69, 9.17) is 4.74 Å². The van der Waals surface area contributed by atoms with E-state index in [1.165, 1.54) is 5.56 Å². The second kappa shape index (κ2) is 2.97. The van der Waals surface area contributed by atoms with Crippen molar-refractivity contribution in [2.24, 2.45) is 0 Å². The van der Waals surface area contributed by atoms with Crippen LogP contribution in [-0.2, 0) is 10.8 Å². The molecule has 0 spiro atoms. The summed E-state index contributed by atoms with van der Waals surface area (Å²) in [5.74, 6) is 0.965. The van der Waals surface area contributed by atoms with Gasteiger partial charge >= 0.3 is 0 Å². The number of fused-ring (bicyclic) bond motifs is 1. The largest absolute Gasteiger partial charge is 0.491 e. The third-order valence-corrected chi connectivity index (χ3v) is 2.95. The molecule has 1 aliphatic heterocycles. The number of hydrogen-bond donors (Lipinski definition) is 0. The standard InChI is InChI=1S/C13H19NO/c1-12(2,3)9-6-10-11(14-7-9)13(4,5)8-15-10/h6-7H,8H2,1-5H3. The highest BCUT2D eigenvalue weighted by molar-refractivity contribution is 5.41. The molecule has 2 heteroatoms. The number of nitrogens with zero attached hydrogens (tertiary/aromatic N) is 1. The Morgan fingerprint density at radius 2 is 2.00 bits per heavy atom. The van der Waals surface area contributed by atoms with Gasteiger partial charge in [-0.1, -0.05) is 34.6 Å². The number of ether oxygens (including phenoxy) is 1. The Labute approximate surface area is 91.7 Å². The molecule has 0 aromatic carbocycles. The zero-order valence-electron chi connectivity index (χ0n) is 10.2. The van der Waals surface area contributed by atoms with Crippen LogP contribution in [0.2, 0.25) is 0 Å². The van der Waals surface area contributed by atoms with Gasteiger partial charge in [0.15, 0.2) is 0 Å². The van der Waals surface area contributed by atoms with Gasteiger partial charge in [0.1, 0.15) is 5.75 Å². The van der Waals surface area contributed by atoms with Crippen LogP contribution in [0.25, 0.3) is 0 Å². The molecule has 0 atom stereocenters. The van der Waals surface area contributed by atoms with Crippen molar-refractivity contribution in [2.45, 2.75) is 45.4 Å². The summed E-state index contributed by atoms with van der Waals surface area (Å²) in [6.45, 7) is 11.7. The molecule has 15 heavy (non-hydrogen) atoms. The van der Waals surface area contributed by atoms with Crippen LogP contribution in [0.1, 0.15) is 45.9 Å². The fourth-order valence-corrected chi connectivity index (χ4v) is 1.80. The van der Waals surface area contributed by atoms with Crippen molar-refractivity contribution in [3.8, 4) is 5.75 Å². The van der Waals surface area contributed by atoms with Gasteiger partial charge in [-0.2, -0.15) is 0 Å². The van der Waals surface area contributed by atoms with Crippen molar-refractivity contribution < 1.29 is 4.74 Å². The molecule has 1 aromatic rings. The molecule has 1 aliphatic rings. The predicted molar refractivity (Wildman–Crippen MR) is 61.5 cm³/mol. The molecular weight excluding hydrogens is 186 g/mol. The molecule has 2 heterocycles. The average molecular weight is 205 g/mol. The molecule has 1 aromatic heterocycles. The maximum atomic E-state index is 5.69. The number of aromatic nitrogens is 1. The monoisotopic (exact) mass is 205 g/mol. The van der Waals surface area contributed by atoms with E-state index in [9.17, 15) is 0 Å². The van der Waals surface area contributed by atoms with Gasteiger partial charge in [0.05, 0.1) is 12.3 Å². The Morgan fingerprint density at radius 1 is 1.33 bits per heavy atom. The minimum absolute atomic E-state index is 0.0613. The van der Waals surface area contributed by atoms with Crippen LogP contribution >= 0.6 is 0 Å². The van der Waals surface area contributed by atoms with Crippen molar-refractivity contribution in [2.75, 3.05) is 6.61 Å². The Balaban J connectivity index is 2.47. The lowest BCUT2D eigenvalue weighted by atomic mass is 9.86. The predicted octanol–water partition coefficient (Wildman–Crippen LogP) is 3.05. The lowest BCUT2D eigenvalue weighted by Gasteiger charge is -2.20. The fraction of sp³-hybridized carbons (Fsp3) is 0.615. The van der Waals surface area contributed by atoms with E-state index in [-0.39, 0.29) is 10.8 Å². The Hall–Kier alpha value is -1.05. The molecule has 0 saturated heterocycles. The van der Waals surface area contributed by atoms with Crippen LogP contribution in [0.3, 0.4) is 0 Å². The summed E-state index contributed by atoms with van der Waals surface area (Å²) in [6.07, 6.45) is 1.98. The Bertz CT molecular complexity index is 388. The highest BCUT2D eigenvalue weighted by Gasteiger charge is 2.34. The first-order valence-electron chi connectivity index (χ1n) is 5.44. The molecule has 0 amide bonds. The zero-order chi connectivity index (χ0) is 11.3. The molecule has 0 fully saturated rings. The van der Waals surface area contributed by atoms with Gasteiger partial charge in [-0.15, -0.1) is 0 Å². The zero-order valence-corrected chi connectivity index (χ0v) is 10.2. The van der Waals surface area contributed by atoms with Gasteiger partial charge in [0.2, 0.25) is 0 Å². The summed E-state index contributed by atoms with van der Waals surface area (Å²) < 4.78 is 5.69. The van der Waals surface area contributed by atoms with Crippen LogP contribution in [0.15, 0.2) is 12.3 Å². The minimum Gasteiger partial charge on any atom is -0.491 e. The third-order valence-electron chi connectivity index (χ3n) is 2.95. The molecule has 0 aliphatic carbocycles. The summed E-state index contributed by atoms with van der Waals surface area (Å²) in [6, 6.07) is 2.14. The normalized spacial score (nSPS) is 18.5. The van der Waals surface area contributed by atoms with Crippen molar-refractivity contribution in [1.29, 1.82) is 0 Å². The summed E-state index contributed by atoms with van der Waals surface area (Å²) in [7, 11) is 0. The van der Waals surface area contributed by atoms with Crippen LogP contribution < -0.4 is 4.74 Å². The molecule has 2 rings (SSSR count). The summed E-state index contributed by atoms with van der Waals surface area (Å²) in [5.41, 5.74) is 2.53. The van der Waals surface area contributed by atoms with E-state index in [1.54, 1.807) is 0 Å².